The third-order valence-electron chi connectivity index (χ3n) is 5.17. The summed E-state index contributed by atoms with van der Waals surface area (Å²) < 4.78 is 0. The van der Waals surface area contributed by atoms with Gasteiger partial charge in [0.1, 0.15) is 0 Å². The largest absolute Gasteiger partial charge is 0.481 e. The van der Waals surface area contributed by atoms with Crippen molar-refractivity contribution in [1.29, 1.82) is 0 Å². The van der Waals surface area contributed by atoms with Crippen molar-refractivity contribution >= 4 is 5.97 Å². The van der Waals surface area contributed by atoms with Crippen molar-refractivity contribution in [3.8, 4) is 0 Å². The molecule has 2 heteroatoms. The lowest BCUT2D eigenvalue weighted by Gasteiger charge is -2.17. The van der Waals surface area contributed by atoms with Gasteiger partial charge in [-0.3, -0.25) is 4.79 Å². The summed E-state index contributed by atoms with van der Waals surface area (Å²) in [5.41, 5.74) is 0. The standard InChI is InChI=1S/C20H40O2/c1-4-18(2)19(3)16-14-12-10-8-6-5-7-9-11-13-15-17-20(21)22/h18-19H,4-17H2,1-3H3,(H,21,22). The van der Waals surface area contributed by atoms with Crippen molar-refractivity contribution in [1.82, 2.24) is 0 Å². The fourth-order valence-corrected chi connectivity index (χ4v) is 3.02. The molecule has 0 aromatic rings. The lowest BCUT2D eigenvalue weighted by molar-refractivity contribution is -0.137. The maximum absolute atomic E-state index is 10.4. The lowest BCUT2D eigenvalue weighted by Crippen LogP contribution is -2.06. The minimum Gasteiger partial charge on any atom is -0.481 e. The number of carboxylic acids is 1. The number of carbonyl (C=O) groups is 1. The highest BCUT2D eigenvalue weighted by Crippen LogP contribution is 2.21. The van der Waals surface area contributed by atoms with Crippen LogP contribution in [0.4, 0.5) is 0 Å². The van der Waals surface area contributed by atoms with Crippen molar-refractivity contribution in [2.45, 2.75) is 111 Å². The lowest BCUT2D eigenvalue weighted by atomic mass is 9.89. The average molecular weight is 313 g/mol. The van der Waals surface area contributed by atoms with E-state index in [2.05, 4.69) is 20.8 Å². The second kappa shape index (κ2) is 15.4. The fraction of sp³-hybridized carbons (Fsp3) is 0.950. The second-order valence-corrected chi connectivity index (χ2v) is 7.18. The Hall–Kier alpha value is -0.530. The van der Waals surface area contributed by atoms with Crippen LogP contribution < -0.4 is 0 Å². The number of rotatable bonds is 16. The molecule has 0 aliphatic rings. The minimum absolute atomic E-state index is 0.343. The van der Waals surface area contributed by atoms with Crippen molar-refractivity contribution in [2.75, 3.05) is 0 Å². The number of hydrogen-bond donors (Lipinski definition) is 1. The molecule has 132 valence electrons. The van der Waals surface area contributed by atoms with E-state index >= 15 is 0 Å². The summed E-state index contributed by atoms with van der Waals surface area (Å²) in [7, 11) is 0. The molecule has 0 heterocycles. The SMILES string of the molecule is CCC(C)C(C)CCCCCCCCCCCCCC(=O)O. The minimum atomic E-state index is -0.654. The van der Waals surface area contributed by atoms with E-state index in [4.69, 9.17) is 5.11 Å². The number of unbranched alkanes of at least 4 members (excludes halogenated alkanes) is 10. The number of hydrogen-bond acceptors (Lipinski definition) is 1. The van der Waals surface area contributed by atoms with Gasteiger partial charge in [-0.25, -0.2) is 0 Å². The van der Waals surface area contributed by atoms with Gasteiger partial charge in [-0.15, -0.1) is 0 Å². The Kier molecular flexibility index (Phi) is 15.0. The van der Waals surface area contributed by atoms with Crippen molar-refractivity contribution < 1.29 is 9.90 Å². The third-order valence-corrected chi connectivity index (χ3v) is 5.17. The molecular weight excluding hydrogens is 272 g/mol. The van der Waals surface area contributed by atoms with E-state index in [0.717, 1.165) is 24.7 Å². The van der Waals surface area contributed by atoms with Crippen LogP contribution in [0, 0.1) is 11.8 Å². The molecule has 1 N–H and O–H groups in total. The molecule has 0 fully saturated rings. The Labute approximate surface area is 139 Å². The Bertz CT molecular complexity index is 250. The molecule has 0 aliphatic carbocycles. The number of aliphatic carboxylic acids is 1. The second-order valence-electron chi connectivity index (χ2n) is 7.18. The molecule has 0 rings (SSSR count). The van der Waals surface area contributed by atoms with Gasteiger partial charge in [0.15, 0.2) is 0 Å². The molecule has 2 atom stereocenters. The summed E-state index contributed by atoms with van der Waals surface area (Å²) in [5.74, 6) is 1.13. The zero-order valence-electron chi connectivity index (χ0n) is 15.4. The van der Waals surface area contributed by atoms with Crippen molar-refractivity contribution in [2.24, 2.45) is 11.8 Å². The van der Waals surface area contributed by atoms with Crippen molar-refractivity contribution in [3.63, 3.8) is 0 Å². The summed E-state index contributed by atoms with van der Waals surface area (Å²) in [6.45, 7) is 7.09. The average Bonchev–Trinajstić information content (AvgIpc) is 2.50. The van der Waals surface area contributed by atoms with Crippen molar-refractivity contribution in [3.05, 3.63) is 0 Å². The molecule has 0 bridgehead atoms. The zero-order valence-corrected chi connectivity index (χ0v) is 15.4. The Morgan fingerprint density at radius 2 is 1.14 bits per heavy atom. The molecule has 0 aromatic carbocycles. The van der Waals surface area contributed by atoms with E-state index in [9.17, 15) is 4.79 Å². The number of carboxylic acid groups (broad SMARTS) is 1. The summed E-state index contributed by atoms with van der Waals surface area (Å²) in [4.78, 5) is 10.4. The van der Waals surface area contributed by atoms with Crippen LogP contribution in [0.5, 0.6) is 0 Å². The van der Waals surface area contributed by atoms with Gasteiger partial charge in [-0.05, 0) is 18.3 Å². The Morgan fingerprint density at radius 1 is 0.727 bits per heavy atom. The highest BCUT2D eigenvalue weighted by Gasteiger charge is 2.08. The van der Waals surface area contributed by atoms with Gasteiger partial charge < -0.3 is 5.11 Å². The van der Waals surface area contributed by atoms with E-state index in [1.807, 2.05) is 0 Å². The van der Waals surface area contributed by atoms with Crippen LogP contribution in [0.1, 0.15) is 111 Å². The van der Waals surface area contributed by atoms with Crippen LogP contribution in [-0.2, 0) is 4.79 Å². The summed E-state index contributed by atoms with van der Waals surface area (Å²) >= 11 is 0. The van der Waals surface area contributed by atoms with Gasteiger partial charge >= 0.3 is 5.97 Å². The zero-order chi connectivity index (χ0) is 16.6. The first-order chi connectivity index (χ1) is 10.6. The van der Waals surface area contributed by atoms with Gasteiger partial charge in [0.2, 0.25) is 0 Å². The topological polar surface area (TPSA) is 37.3 Å². The fourth-order valence-electron chi connectivity index (χ4n) is 3.02. The van der Waals surface area contributed by atoms with Crippen LogP contribution in [-0.4, -0.2) is 11.1 Å². The molecule has 0 saturated carbocycles. The smallest absolute Gasteiger partial charge is 0.303 e. The van der Waals surface area contributed by atoms with Gasteiger partial charge in [0, 0.05) is 6.42 Å². The van der Waals surface area contributed by atoms with Crippen LogP contribution in [0.3, 0.4) is 0 Å². The Balaban J connectivity index is 3.13. The van der Waals surface area contributed by atoms with Gasteiger partial charge in [-0.1, -0.05) is 97.8 Å². The Morgan fingerprint density at radius 3 is 1.55 bits per heavy atom. The van der Waals surface area contributed by atoms with E-state index in [0.29, 0.717) is 6.42 Å². The van der Waals surface area contributed by atoms with Crippen LogP contribution in [0.15, 0.2) is 0 Å². The van der Waals surface area contributed by atoms with Gasteiger partial charge in [-0.2, -0.15) is 0 Å². The molecule has 0 spiro atoms. The molecule has 0 aliphatic heterocycles. The molecule has 2 nitrogen and oxygen atoms in total. The van der Waals surface area contributed by atoms with Gasteiger partial charge in [0.25, 0.3) is 0 Å². The monoisotopic (exact) mass is 312 g/mol. The third kappa shape index (κ3) is 14.4. The molecule has 22 heavy (non-hydrogen) atoms. The highest BCUT2D eigenvalue weighted by atomic mass is 16.4. The van der Waals surface area contributed by atoms with E-state index in [1.54, 1.807) is 0 Å². The first-order valence-corrected chi connectivity index (χ1v) is 9.79. The highest BCUT2D eigenvalue weighted by molar-refractivity contribution is 5.66. The van der Waals surface area contributed by atoms with E-state index in [-0.39, 0.29) is 0 Å². The quantitative estimate of drug-likeness (QED) is 0.317. The van der Waals surface area contributed by atoms with Gasteiger partial charge in [0.05, 0.1) is 0 Å². The van der Waals surface area contributed by atoms with Crippen LogP contribution in [0.2, 0.25) is 0 Å². The summed E-state index contributed by atoms with van der Waals surface area (Å²) in [5, 5.41) is 8.54. The molecule has 0 aromatic heterocycles. The maximum atomic E-state index is 10.4. The molecule has 0 saturated heterocycles. The first-order valence-electron chi connectivity index (χ1n) is 9.79. The predicted molar refractivity (Wildman–Crippen MR) is 96.3 cm³/mol. The maximum Gasteiger partial charge on any atom is 0.303 e. The predicted octanol–water partition coefficient (Wildman–Crippen LogP) is 6.82. The van der Waals surface area contributed by atoms with Crippen LogP contribution >= 0.6 is 0 Å². The molecule has 0 radical (unpaired) electrons. The first kappa shape index (κ1) is 21.5. The molecular formula is C20H40O2. The van der Waals surface area contributed by atoms with E-state index in [1.165, 1.54) is 70.6 Å². The summed E-state index contributed by atoms with van der Waals surface area (Å²) in [6, 6.07) is 0. The molecule has 0 amide bonds. The van der Waals surface area contributed by atoms with Crippen LogP contribution in [0.25, 0.3) is 0 Å². The normalized spacial score (nSPS) is 14.0. The summed E-state index contributed by atoms with van der Waals surface area (Å²) in [6.07, 6.45) is 17.2. The molecule has 2 unspecified atom stereocenters. The van der Waals surface area contributed by atoms with E-state index < -0.39 is 5.97 Å².